The summed E-state index contributed by atoms with van der Waals surface area (Å²) in [6.45, 7) is 2.20. The summed E-state index contributed by atoms with van der Waals surface area (Å²) in [5.74, 6) is 0.449. The third-order valence-electron chi connectivity index (χ3n) is 5.72. The van der Waals surface area contributed by atoms with E-state index in [4.69, 9.17) is 0 Å². The molecule has 27 heavy (non-hydrogen) atoms. The van der Waals surface area contributed by atoms with Gasteiger partial charge in [0.25, 0.3) is 0 Å². The number of hydrogen-bond donors (Lipinski definition) is 0. The Morgan fingerprint density at radius 1 is 0.778 bits per heavy atom. The van der Waals surface area contributed by atoms with Gasteiger partial charge in [-0.05, 0) is 29.3 Å². The zero-order valence-corrected chi connectivity index (χ0v) is 18.4. The highest BCUT2D eigenvalue weighted by Crippen LogP contribution is 2.53. The Morgan fingerprint density at radius 3 is 1.74 bits per heavy atom. The standard InChI is InChI=1S/C24H26NP.BrH/c26-19-18-25-17-16-23(20-10-4-1-5-11-20)24(25,21-12-6-2-7-13-21)22-14-8-3-9-15-22;/h1-15,23H,16-19,26H2;1H. The van der Waals surface area contributed by atoms with Gasteiger partial charge in [-0.25, -0.2) is 0 Å². The maximum absolute atomic E-state index is 2.91. The van der Waals surface area contributed by atoms with Crippen molar-refractivity contribution in [2.75, 3.05) is 19.3 Å². The summed E-state index contributed by atoms with van der Waals surface area (Å²) in [5.41, 5.74) is 4.12. The van der Waals surface area contributed by atoms with E-state index in [-0.39, 0.29) is 22.5 Å². The van der Waals surface area contributed by atoms with Gasteiger partial charge >= 0.3 is 0 Å². The van der Waals surface area contributed by atoms with Crippen molar-refractivity contribution in [3.63, 3.8) is 0 Å². The van der Waals surface area contributed by atoms with Gasteiger partial charge in [-0.15, -0.1) is 26.2 Å². The van der Waals surface area contributed by atoms with E-state index < -0.39 is 0 Å². The minimum atomic E-state index is -0.111. The molecule has 0 saturated carbocycles. The number of hydrogen-bond acceptors (Lipinski definition) is 1. The van der Waals surface area contributed by atoms with Crippen LogP contribution in [0, 0.1) is 0 Å². The monoisotopic (exact) mass is 439 g/mol. The van der Waals surface area contributed by atoms with E-state index in [1.54, 1.807) is 0 Å². The lowest BCUT2D eigenvalue weighted by Crippen LogP contribution is -2.46. The van der Waals surface area contributed by atoms with Crippen molar-refractivity contribution in [2.45, 2.75) is 17.9 Å². The second-order valence-corrected chi connectivity index (χ2v) is 7.60. The molecule has 1 aliphatic rings. The molecule has 0 spiro atoms. The second-order valence-electron chi connectivity index (χ2n) is 7.03. The molecule has 0 aromatic heterocycles. The first kappa shape index (κ1) is 20.3. The van der Waals surface area contributed by atoms with Crippen LogP contribution in [-0.4, -0.2) is 24.2 Å². The van der Waals surface area contributed by atoms with Crippen LogP contribution in [0.4, 0.5) is 0 Å². The molecular formula is C24H27BrNP. The summed E-state index contributed by atoms with van der Waals surface area (Å²) in [6.07, 6.45) is 2.27. The Balaban J connectivity index is 0.00000210. The Kier molecular flexibility index (Phi) is 6.87. The molecule has 2 unspecified atom stereocenters. The number of likely N-dealkylation sites (tertiary alicyclic amines) is 1. The summed E-state index contributed by atoms with van der Waals surface area (Å²) in [7, 11) is 2.91. The van der Waals surface area contributed by atoms with Crippen molar-refractivity contribution in [2.24, 2.45) is 0 Å². The highest BCUT2D eigenvalue weighted by molar-refractivity contribution is 8.93. The molecule has 140 valence electrons. The van der Waals surface area contributed by atoms with Crippen molar-refractivity contribution in [1.82, 2.24) is 4.90 Å². The van der Waals surface area contributed by atoms with Gasteiger partial charge in [0, 0.05) is 19.0 Å². The SMILES string of the molecule is Br.PCCN1CCC(c2ccccc2)C1(c1ccccc1)c1ccccc1. The van der Waals surface area contributed by atoms with E-state index in [2.05, 4.69) is 105 Å². The number of rotatable bonds is 5. The van der Waals surface area contributed by atoms with Gasteiger partial charge in [-0.1, -0.05) is 91.0 Å². The summed E-state index contributed by atoms with van der Waals surface area (Å²) in [5, 5.41) is 0. The van der Waals surface area contributed by atoms with Gasteiger partial charge in [0.2, 0.25) is 0 Å². The third-order valence-corrected chi connectivity index (χ3v) is 5.98. The van der Waals surface area contributed by atoms with Gasteiger partial charge in [0.1, 0.15) is 0 Å². The molecule has 2 atom stereocenters. The summed E-state index contributed by atoms with van der Waals surface area (Å²) in [6, 6.07) is 33.3. The molecule has 0 aliphatic carbocycles. The highest BCUT2D eigenvalue weighted by atomic mass is 79.9. The molecular weight excluding hydrogens is 413 g/mol. The molecule has 0 radical (unpaired) electrons. The Hall–Kier alpha value is -1.47. The van der Waals surface area contributed by atoms with Gasteiger partial charge in [0.15, 0.2) is 0 Å². The molecule has 4 rings (SSSR count). The fourth-order valence-electron chi connectivity index (χ4n) is 4.75. The van der Waals surface area contributed by atoms with Crippen molar-refractivity contribution < 1.29 is 0 Å². The van der Waals surface area contributed by atoms with Crippen molar-refractivity contribution in [3.05, 3.63) is 108 Å². The third kappa shape index (κ3) is 3.63. The quantitative estimate of drug-likeness (QED) is 0.449. The minimum Gasteiger partial charge on any atom is -0.289 e. The Morgan fingerprint density at radius 2 is 1.26 bits per heavy atom. The van der Waals surface area contributed by atoms with Gasteiger partial charge < -0.3 is 0 Å². The first-order valence-corrected chi connectivity index (χ1v) is 10.3. The van der Waals surface area contributed by atoms with Crippen LogP contribution < -0.4 is 0 Å². The van der Waals surface area contributed by atoms with Gasteiger partial charge in [0.05, 0.1) is 5.54 Å². The molecule has 3 aromatic carbocycles. The van der Waals surface area contributed by atoms with Crippen LogP contribution in [-0.2, 0) is 5.54 Å². The smallest absolute Gasteiger partial charge is 0.0785 e. The predicted octanol–water partition coefficient (Wildman–Crippen LogP) is 5.87. The molecule has 0 bridgehead atoms. The van der Waals surface area contributed by atoms with Crippen LogP contribution in [0.2, 0.25) is 0 Å². The second kappa shape index (κ2) is 9.15. The van der Waals surface area contributed by atoms with E-state index in [0.29, 0.717) is 5.92 Å². The fraction of sp³-hybridized carbons (Fsp3) is 0.250. The first-order valence-electron chi connectivity index (χ1n) is 9.48. The molecule has 1 nitrogen and oxygen atoms in total. The van der Waals surface area contributed by atoms with E-state index >= 15 is 0 Å². The number of nitrogens with zero attached hydrogens (tertiary/aromatic N) is 1. The average Bonchev–Trinajstić information content (AvgIpc) is 3.10. The zero-order valence-electron chi connectivity index (χ0n) is 15.5. The molecule has 1 saturated heterocycles. The first-order chi connectivity index (χ1) is 12.9. The van der Waals surface area contributed by atoms with Crippen LogP contribution in [0.25, 0.3) is 0 Å². The topological polar surface area (TPSA) is 3.24 Å². The van der Waals surface area contributed by atoms with Gasteiger partial charge in [-0.3, -0.25) is 4.90 Å². The molecule has 1 fully saturated rings. The van der Waals surface area contributed by atoms with Crippen molar-refractivity contribution in [1.29, 1.82) is 0 Å². The molecule has 3 heteroatoms. The zero-order chi connectivity index (χ0) is 17.8. The van der Waals surface area contributed by atoms with E-state index in [0.717, 1.165) is 19.3 Å². The van der Waals surface area contributed by atoms with Crippen LogP contribution in [0.3, 0.4) is 0 Å². The Bertz CT molecular complexity index is 783. The molecule has 0 amide bonds. The van der Waals surface area contributed by atoms with Crippen LogP contribution in [0.15, 0.2) is 91.0 Å². The normalized spacial score (nSPS) is 18.8. The fourth-order valence-corrected chi connectivity index (χ4v) is 5.06. The van der Waals surface area contributed by atoms with Crippen LogP contribution >= 0.6 is 26.2 Å². The van der Waals surface area contributed by atoms with Crippen LogP contribution in [0.5, 0.6) is 0 Å². The van der Waals surface area contributed by atoms with E-state index in [1.807, 2.05) is 0 Å². The molecule has 0 N–H and O–H groups in total. The predicted molar refractivity (Wildman–Crippen MR) is 124 cm³/mol. The summed E-state index contributed by atoms with van der Waals surface area (Å²) in [4.78, 5) is 2.70. The van der Waals surface area contributed by atoms with Crippen molar-refractivity contribution in [3.8, 4) is 0 Å². The maximum atomic E-state index is 2.91. The van der Waals surface area contributed by atoms with E-state index in [1.165, 1.54) is 23.1 Å². The maximum Gasteiger partial charge on any atom is 0.0785 e. The largest absolute Gasteiger partial charge is 0.289 e. The number of halogens is 1. The van der Waals surface area contributed by atoms with Crippen molar-refractivity contribution >= 4 is 26.2 Å². The lowest BCUT2D eigenvalue weighted by molar-refractivity contribution is 0.174. The summed E-state index contributed by atoms with van der Waals surface area (Å²) < 4.78 is 0. The van der Waals surface area contributed by atoms with Crippen LogP contribution in [0.1, 0.15) is 29.0 Å². The lowest BCUT2D eigenvalue weighted by Gasteiger charge is -2.44. The average molecular weight is 440 g/mol. The highest BCUT2D eigenvalue weighted by Gasteiger charge is 2.51. The Labute approximate surface area is 175 Å². The lowest BCUT2D eigenvalue weighted by atomic mass is 9.71. The summed E-state index contributed by atoms with van der Waals surface area (Å²) >= 11 is 0. The van der Waals surface area contributed by atoms with Gasteiger partial charge in [-0.2, -0.15) is 0 Å². The molecule has 1 heterocycles. The molecule has 3 aromatic rings. The minimum absolute atomic E-state index is 0. The molecule has 1 aliphatic heterocycles. The number of benzene rings is 3. The van der Waals surface area contributed by atoms with E-state index in [9.17, 15) is 0 Å².